The normalized spacial score (nSPS) is 10.2. The van der Waals surface area contributed by atoms with E-state index in [-0.39, 0.29) is 12.3 Å². The second-order valence-electron chi connectivity index (χ2n) is 4.57. The smallest absolute Gasteiger partial charge is 0.228 e. The van der Waals surface area contributed by atoms with Crippen molar-refractivity contribution in [1.29, 1.82) is 5.26 Å². The molecule has 1 aromatic heterocycles. The summed E-state index contributed by atoms with van der Waals surface area (Å²) in [5, 5.41) is 11.5. The molecule has 1 amide bonds. The van der Waals surface area contributed by atoms with Gasteiger partial charge in [0, 0.05) is 5.69 Å². The molecule has 5 nitrogen and oxygen atoms in total. The summed E-state index contributed by atoms with van der Waals surface area (Å²) in [5.74, 6) is -0.126. The summed E-state index contributed by atoms with van der Waals surface area (Å²) in [6.45, 7) is 0. The summed E-state index contributed by atoms with van der Waals surface area (Å²) in [5.41, 5.74) is 3.51. The monoisotopic (exact) mass is 277 g/mol. The van der Waals surface area contributed by atoms with E-state index in [1.165, 1.54) is 6.39 Å². The molecular weight excluding hydrogens is 266 g/mol. The third-order valence-electron chi connectivity index (χ3n) is 3.06. The van der Waals surface area contributed by atoms with Gasteiger partial charge >= 0.3 is 0 Å². The van der Waals surface area contributed by atoms with Crippen molar-refractivity contribution in [2.45, 2.75) is 6.42 Å². The topological polar surface area (TPSA) is 78.9 Å². The second kappa shape index (κ2) is 5.47. The molecule has 0 atom stereocenters. The Morgan fingerprint density at radius 1 is 1.24 bits per heavy atom. The highest BCUT2D eigenvalue weighted by Crippen LogP contribution is 2.15. The van der Waals surface area contributed by atoms with E-state index >= 15 is 0 Å². The van der Waals surface area contributed by atoms with Gasteiger partial charge in [0.1, 0.15) is 5.52 Å². The van der Waals surface area contributed by atoms with Crippen molar-refractivity contribution in [2.75, 3.05) is 5.32 Å². The maximum absolute atomic E-state index is 12.0. The van der Waals surface area contributed by atoms with Crippen LogP contribution in [-0.2, 0) is 11.2 Å². The van der Waals surface area contributed by atoms with E-state index in [0.717, 1.165) is 11.1 Å². The quantitative estimate of drug-likeness (QED) is 0.798. The summed E-state index contributed by atoms with van der Waals surface area (Å²) in [7, 11) is 0. The Hall–Kier alpha value is -3.13. The molecule has 1 heterocycles. The van der Waals surface area contributed by atoms with Crippen LogP contribution in [-0.4, -0.2) is 10.9 Å². The van der Waals surface area contributed by atoms with Crippen LogP contribution in [0.25, 0.3) is 11.1 Å². The van der Waals surface area contributed by atoms with Gasteiger partial charge in [-0.25, -0.2) is 4.98 Å². The number of nitrogens with zero attached hydrogens (tertiary/aromatic N) is 2. The third-order valence-corrected chi connectivity index (χ3v) is 3.06. The number of hydrogen-bond donors (Lipinski definition) is 1. The Bertz CT molecular complexity index is 829. The minimum atomic E-state index is -0.126. The molecule has 0 aliphatic rings. The van der Waals surface area contributed by atoms with E-state index in [1.807, 2.05) is 18.2 Å². The fraction of sp³-hybridized carbons (Fsp3) is 0.0625. The summed E-state index contributed by atoms with van der Waals surface area (Å²) in [4.78, 5) is 16.0. The highest BCUT2D eigenvalue weighted by Gasteiger charge is 2.06. The van der Waals surface area contributed by atoms with E-state index in [1.54, 1.807) is 30.3 Å². The van der Waals surface area contributed by atoms with Gasteiger partial charge in [-0.05, 0) is 42.0 Å². The fourth-order valence-electron chi connectivity index (χ4n) is 2.03. The van der Waals surface area contributed by atoms with E-state index in [2.05, 4.69) is 10.3 Å². The Morgan fingerprint density at radius 3 is 2.81 bits per heavy atom. The minimum Gasteiger partial charge on any atom is -0.443 e. The van der Waals surface area contributed by atoms with E-state index in [4.69, 9.17) is 9.68 Å². The van der Waals surface area contributed by atoms with Gasteiger partial charge in [0.2, 0.25) is 5.91 Å². The van der Waals surface area contributed by atoms with Crippen molar-refractivity contribution >= 4 is 22.7 Å². The number of anilines is 1. The van der Waals surface area contributed by atoms with E-state index < -0.39 is 0 Å². The Morgan fingerprint density at radius 2 is 2.05 bits per heavy atom. The first-order chi connectivity index (χ1) is 10.2. The first kappa shape index (κ1) is 12.9. The molecule has 102 valence electrons. The lowest BCUT2D eigenvalue weighted by molar-refractivity contribution is -0.115. The molecule has 0 saturated carbocycles. The molecule has 1 N–H and O–H groups in total. The number of nitriles is 1. The van der Waals surface area contributed by atoms with Gasteiger partial charge in [-0.15, -0.1) is 0 Å². The van der Waals surface area contributed by atoms with Gasteiger partial charge in [-0.2, -0.15) is 5.26 Å². The zero-order valence-corrected chi connectivity index (χ0v) is 11.0. The molecule has 0 aliphatic carbocycles. The highest BCUT2D eigenvalue weighted by atomic mass is 16.3. The van der Waals surface area contributed by atoms with Crippen molar-refractivity contribution in [2.24, 2.45) is 0 Å². The lowest BCUT2D eigenvalue weighted by atomic mass is 10.1. The van der Waals surface area contributed by atoms with Crippen molar-refractivity contribution in [3.05, 3.63) is 60.0 Å². The Labute approximate surface area is 120 Å². The molecule has 2 aromatic carbocycles. The number of oxazole rings is 1. The van der Waals surface area contributed by atoms with Crippen LogP contribution in [0.2, 0.25) is 0 Å². The maximum atomic E-state index is 12.0. The number of fused-ring (bicyclic) bond motifs is 1. The first-order valence-electron chi connectivity index (χ1n) is 6.37. The minimum absolute atomic E-state index is 0.126. The van der Waals surface area contributed by atoms with Crippen LogP contribution in [0.1, 0.15) is 11.1 Å². The Balaban J connectivity index is 1.69. The van der Waals surface area contributed by atoms with Crippen molar-refractivity contribution in [1.82, 2.24) is 4.98 Å². The number of aromatic nitrogens is 1. The molecule has 3 rings (SSSR count). The zero-order chi connectivity index (χ0) is 14.7. The SMILES string of the molecule is N#Cc1ccc(NC(=O)Cc2ccc3ncoc3c2)cc1. The summed E-state index contributed by atoms with van der Waals surface area (Å²) in [6.07, 6.45) is 1.63. The summed E-state index contributed by atoms with van der Waals surface area (Å²) in [6, 6.07) is 14.2. The van der Waals surface area contributed by atoms with Gasteiger partial charge < -0.3 is 9.73 Å². The first-order valence-corrected chi connectivity index (χ1v) is 6.37. The number of benzene rings is 2. The number of carbonyl (C=O) groups is 1. The second-order valence-corrected chi connectivity index (χ2v) is 4.57. The number of rotatable bonds is 3. The van der Waals surface area contributed by atoms with Crippen LogP contribution in [0, 0.1) is 11.3 Å². The average Bonchev–Trinajstić information content (AvgIpc) is 2.95. The van der Waals surface area contributed by atoms with Crippen molar-refractivity contribution in [3.8, 4) is 6.07 Å². The van der Waals surface area contributed by atoms with Gasteiger partial charge in [0.25, 0.3) is 0 Å². The van der Waals surface area contributed by atoms with Gasteiger partial charge in [-0.3, -0.25) is 4.79 Å². The standard InChI is InChI=1S/C16H11N3O2/c17-9-11-1-4-13(5-2-11)19-16(20)8-12-3-6-14-15(7-12)21-10-18-14/h1-7,10H,8H2,(H,19,20). The molecule has 0 fully saturated rings. The van der Waals surface area contributed by atoms with Crippen LogP contribution in [0.3, 0.4) is 0 Å². The number of hydrogen-bond acceptors (Lipinski definition) is 4. The van der Waals surface area contributed by atoms with E-state index in [9.17, 15) is 4.79 Å². The van der Waals surface area contributed by atoms with Gasteiger partial charge in [0.15, 0.2) is 12.0 Å². The van der Waals surface area contributed by atoms with Gasteiger partial charge in [0.05, 0.1) is 18.1 Å². The molecule has 21 heavy (non-hydrogen) atoms. The third kappa shape index (κ3) is 2.90. The van der Waals surface area contributed by atoms with E-state index in [0.29, 0.717) is 16.8 Å². The molecule has 0 bridgehead atoms. The highest BCUT2D eigenvalue weighted by molar-refractivity contribution is 5.92. The van der Waals surface area contributed by atoms with Crippen LogP contribution in [0.4, 0.5) is 5.69 Å². The number of amides is 1. The van der Waals surface area contributed by atoms with Crippen molar-refractivity contribution < 1.29 is 9.21 Å². The van der Waals surface area contributed by atoms with Gasteiger partial charge in [-0.1, -0.05) is 6.07 Å². The summed E-state index contributed by atoms with van der Waals surface area (Å²) < 4.78 is 5.21. The largest absolute Gasteiger partial charge is 0.443 e. The average molecular weight is 277 g/mol. The number of carbonyl (C=O) groups excluding carboxylic acids is 1. The molecule has 0 radical (unpaired) electrons. The van der Waals surface area contributed by atoms with Crippen molar-refractivity contribution in [3.63, 3.8) is 0 Å². The molecule has 0 saturated heterocycles. The zero-order valence-electron chi connectivity index (χ0n) is 11.0. The maximum Gasteiger partial charge on any atom is 0.228 e. The lowest BCUT2D eigenvalue weighted by Gasteiger charge is -2.05. The molecule has 0 aliphatic heterocycles. The molecule has 5 heteroatoms. The van der Waals surface area contributed by atoms with Crippen LogP contribution in [0.15, 0.2) is 53.3 Å². The Kier molecular flexibility index (Phi) is 3.36. The summed E-state index contributed by atoms with van der Waals surface area (Å²) >= 11 is 0. The predicted octanol–water partition coefficient (Wildman–Crippen LogP) is 2.88. The van der Waals surface area contributed by atoms with Crippen LogP contribution in [0.5, 0.6) is 0 Å². The molecule has 0 unspecified atom stereocenters. The lowest BCUT2D eigenvalue weighted by Crippen LogP contribution is -2.14. The fourth-order valence-corrected chi connectivity index (χ4v) is 2.03. The number of nitrogens with one attached hydrogen (secondary N) is 1. The molecule has 0 spiro atoms. The van der Waals surface area contributed by atoms with Crippen LogP contribution >= 0.6 is 0 Å². The van der Waals surface area contributed by atoms with Crippen LogP contribution < -0.4 is 5.32 Å². The molecule has 3 aromatic rings. The molecular formula is C16H11N3O2. The predicted molar refractivity (Wildman–Crippen MR) is 77.5 cm³/mol.